The summed E-state index contributed by atoms with van der Waals surface area (Å²) in [5.74, 6) is -0.730. The molecule has 9 heteroatoms. The third kappa shape index (κ3) is 5.61. The van der Waals surface area contributed by atoms with Crippen molar-refractivity contribution < 1.29 is 19.1 Å². The van der Waals surface area contributed by atoms with Crippen LogP contribution >= 0.6 is 0 Å². The summed E-state index contributed by atoms with van der Waals surface area (Å²) in [6.45, 7) is 4.65. The number of fused-ring (bicyclic) bond motifs is 2. The fourth-order valence-electron chi connectivity index (χ4n) is 7.71. The van der Waals surface area contributed by atoms with Gasteiger partial charge in [0.15, 0.2) is 0 Å². The largest absolute Gasteiger partial charge is 0.461 e. The maximum absolute atomic E-state index is 14.1. The van der Waals surface area contributed by atoms with Gasteiger partial charge in [0.05, 0.1) is 29.7 Å². The molecule has 7 rings (SSSR count). The quantitative estimate of drug-likeness (QED) is 0.209. The number of esters is 1. The lowest BCUT2D eigenvalue weighted by Crippen LogP contribution is -2.45. The molecule has 48 heavy (non-hydrogen) atoms. The van der Waals surface area contributed by atoms with Crippen LogP contribution in [0.25, 0.3) is 16.6 Å². The highest BCUT2D eigenvalue weighted by Crippen LogP contribution is 2.46. The van der Waals surface area contributed by atoms with Crippen molar-refractivity contribution in [2.45, 2.75) is 70.9 Å². The number of rotatable bonds is 7. The number of carbonyl (C=O) groups excluding carboxylic acids is 3. The number of ether oxygens (including phenoxy) is 1. The van der Waals surface area contributed by atoms with Crippen LogP contribution in [0.4, 0.5) is 17.1 Å². The van der Waals surface area contributed by atoms with Crippen LogP contribution in [0.1, 0.15) is 85.2 Å². The summed E-state index contributed by atoms with van der Waals surface area (Å²) in [4.78, 5) is 41.9. The van der Waals surface area contributed by atoms with E-state index in [1.54, 1.807) is 22.5 Å². The van der Waals surface area contributed by atoms with E-state index in [0.717, 1.165) is 52.8 Å². The molecule has 0 bridgehead atoms. The van der Waals surface area contributed by atoms with E-state index in [2.05, 4.69) is 58.7 Å². The van der Waals surface area contributed by atoms with Gasteiger partial charge in [-0.25, -0.2) is 4.79 Å². The van der Waals surface area contributed by atoms with Crippen molar-refractivity contribution in [3.05, 3.63) is 95.7 Å². The standard InChI is InChI=1S/C39H43N5O4/c1-4-32-31-24-26(18-20-34(31)44(30-15-10-7-11-16-30)43(32)29-13-8-6-9-14-29)38(46)42-22-12-17-35(42)37(45)40-28-19-21-33-27(23-28)25-36(41(33)3)39(47)48-5-2/h4,6,8-9,13-14,18-21,23-25,30,35H,5,7,10-12,15-17,22H2,1-3H3,(H,40,45)/b32-4+/t35-/m0/s1. The number of allylic oxidation sites excluding steroid dienone is 1. The predicted molar refractivity (Wildman–Crippen MR) is 190 cm³/mol. The van der Waals surface area contributed by atoms with Crippen molar-refractivity contribution in [1.82, 2.24) is 9.47 Å². The number of benzene rings is 3. The number of aromatic nitrogens is 1. The lowest BCUT2D eigenvalue weighted by molar-refractivity contribution is -0.119. The van der Waals surface area contributed by atoms with E-state index in [-0.39, 0.29) is 17.8 Å². The van der Waals surface area contributed by atoms with E-state index in [1.165, 1.54) is 19.3 Å². The molecule has 1 aromatic heterocycles. The third-order valence-electron chi connectivity index (χ3n) is 10.0. The van der Waals surface area contributed by atoms with Gasteiger partial charge in [0.1, 0.15) is 11.7 Å². The second-order valence-corrected chi connectivity index (χ2v) is 12.9. The van der Waals surface area contributed by atoms with Crippen LogP contribution in [0.2, 0.25) is 0 Å². The highest BCUT2D eigenvalue weighted by atomic mass is 16.5. The van der Waals surface area contributed by atoms with E-state index >= 15 is 0 Å². The van der Waals surface area contributed by atoms with Gasteiger partial charge in [-0.3, -0.25) is 19.6 Å². The Balaban J connectivity index is 1.13. The van der Waals surface area contributed by atoms with Crippen molar-refractivity contribution >= 4 is 51.4 Å². The minimum atomic E-state index is -0.576. The van der Waals surface area contributed by atoms with Crippen LogP contribution in [-0.2, 0) is 16.6 Å². The van der Waals surface area contributed by atoms with Gasteiger partial charge in [-0.1, -0.05) is 43.5 Å². The number of anilines is 3. The summed E-state index contributed by atoms with van der Waals surface area (Å²) in [7, 11) is 1.82. The number of likely N-dealkylation sites (tertiary alicyclic amines) is 1. The number of amides is 2. The van der Waals surface area contributed by atoms with E-state index in [0.29, 0.717) is 42.6 Å². The zero-order valence-electron chi connectivity index (χ0n) is 27.9. The molecule has 0 radical (unpaired) electrons. The normalized spacial score (nSPS) is 18.9. The molecule has 2 aliphatic heterocycles. The van der Waals surface area contributed by atoms with Gasteiger partial charge >= 0.3 is 5.97 Å². The van der Waals surface area contributed by atoms with Gasteiger partial charge in [0, 0.05) is 41.3 Å². The molecule has 0 unspecified atom stereocenters. The van der Waals surface area contributed by atoms with Gasteiger partial charge in [0.25, 0.3) is 5.91 Å². The number of para-hydroxylation sites is 1. The first-order chi connectivity index (χ1) is 23.4. The van der Waals surface area contributed by atoms with Crippen LogP contribution in [0.15, 0.2) is 78.9 Å². The van der Waals surface area contributed by atoms with E-state index in [1.807, 2.05) is 43.4 Å². The fourth-order valence-corrected chi connectivity index (χ4v) is 7.71. The maximum atomic E-state index is 14.1. The second-order valence-electron chi connectivity index (χ2n) is 12.9. The predicted octanol–water partition coefficient (Wildman–Crippen LogP) is 7.53. The summed E-state index contributed by atoms with van der Waals surface area (Å²) in [6.07, 6.45) is 9.46. The molecule has 2 fully saturated rings. The molecule has 2 amide bonds. The zero-order valence-corrected chi connectivity index (χ0v) is 27.9. The van der Waals surface area contributed by atoms with Gasteiger partial charge < -0.3 is 19.5 Å². The third-order valence-corrected chi connectivity index (χ3v) is 10.0. The maximum Gasteiger partial charge on any atom is 0.354 e. The lowest BCUT2D eigenvalue weighted by atomic mass is 9.94. The van der Waals surface area contributed by atoms with Crippen molar-refractivity contribution in [3.63, 3.8) is 0 Å². The molecule has 1 aliphatic carbocycles. The zero-order chi connectivity index (χ0) is 33.4. The molecule has 3 aromatic carbocycles. The average molecular weight is 646 g/mol. The Morgan fingerprint density at radius 1 is 0.917 bits per heavy atom. The number of nitrogens with zero attached hydrogens (tertiary/aromatic N) is 4. The number of nitrogens with one attached hydrogen (secondary N) is 1. The molecule has 4 aromatic rings. The number of hydrogen-bond acceptors (Lipinski definition) is 6. The van der Waals surface area contributed by atoms with Crippen LogP contribution < -0.4 is 15.3 Å². The summed E-state index contributed by atoms with van der Waals surface area (Å²) >= 11 is 0. The summed E-state index contributed by atoms with van der Waals surface area (Å²) in [5, 5.41) is 8.62. The van der Waals surface area contributed by atoms with Crippen LogP contribution in [-0.4, -0.2) is 52.5 Å². The molecule has 0 spiro atoms. The highest BCUT2D eigenvalue weighted by Gasteiger charge is 2.39. The van der Waals surface area contributed by atoms with Crippen molar-refractivity contribution in [2.24, 2.45) is 7.05 Å². The Morgan fingerprint density at radius 2 is 1.71 bits per heavy atom. The van der Waals surface area contributed by atoms with Crippen LogP contribution in [0.3, 0.4) is 0 Å². The first kappa shape index (κ1) is 31.5. The number of hydrogen-bond donors (Lipinski definition) is 1. The smallest absolute Gasteiger partial charge is 0.354 e. The Morgan fingerprint density at radius 3 is 2.46 bits per heavy atom. The molecular formula is C39H43N5O4. The number of carbonyl (C=O) groups is 3. The van der Waals surface area contributed by atoms with Crippen LogP contribution in [0, 0.1) is 0 Å². The molecule has 3 aliphatic rings. The molecule has 3 heterocycles. The molecule has 248 valence electrons. The first-order valence-corrected chi connectivity index (χ1v) is 17.2. The Kier molecular flexibility index (Phi) is 8.69. The van der Waals surface area contributed by atoms with E-state index in [9.17, 15) is 14.4 Å². The average Bonchev–Trinajstić information content (AvgIpc) is 3.82. The van der Waals surface area contributed by atoms with Crippen LogP contribution in [0.5, 0.6) is 0 Å². The topological polar surface area (TPSA) is 87.1 Å². The molecular weight excluding hydrogens is 602 g/mol. The Bertz CT molecular complexity index is 1890. The Hall–Kier alpha value is -5.05. The SMILES string of the molecule is C/C=C1\c2cc(C(=O)N3CCC[C@H]3C(=O)Nc3ccc4c(c3)cc(C(=O)OCC)n4C)ccc2N(C2CCCCC2)N1c1ccccc1. The minimum absolute atomic E-state index is 0.133. The molecule has 9 nitrogen and oxygen atoms in total. The Labute approximate surface area is 281 Å². The monoisotopic (exact) mass is 645 g/mol. The fraction of sp³-hybridized carbons (Fsp3) is 0.359. The van der Waals surface area contributed by atoms with Crippen molar-refractivity contribution in [3.8, 4) is 0 Å². The molecule has 1 N–H and O–H groups in total. The van der Waals surface area contributed by atoms with E-state index in [4.69, 9.17) is 4.74 Å². The number of hydrazine groups is 1. The highest BCUT2D eigenvalue weighted by molar-refractivity contribution is 6.05. The summed E-state index contributed by atoms with van der Waals surface area (Å²) in [6, 6.07) is 23.6. The molecule has 1 saturated heterocycles. The van der Waals surface area contributed by atoms with Gasteiger partial charge in [-0.15, -0.1) is 0 Å². The van der Waals surface area contributed by atoms with Crippen molar-refractivity contribution in [1.29, 1.82) is 0 Å². The molecule has 1 atom stereocenters. The summed E-state index contributed by atoms with van der Waals surface area (Å²) < 4.78 is 6.98. The number of aryl methyl sites for hydroxylation is 1. The van der Waals surface area contributed by atoms with Gasteiger partial charge in [-0.05, 0) is 94.1 Å². The minimum Gasteiger partial charge on any atom is -0.461 e. The second kappa shape index (κ2) is 13.2. The summed E-state index contributed by atoms with van der Waals surface area (Å²) in [5.41, 5.74) is 6.84. The first-order valence-electron chi connectivity index (χ1n) is 17.2. The van der Waals surface area contributed by atoms with Gasteiger partial charge in [-0.2, -0.15) is 0 Å². The lowest BCUT2D eigenvalue weighted by Gasteiger charge is -2.40. The van der Waals surface area contributed by atoms with Gasteiger partial charge in [0.2, 0.25) is 5.91 Å². The van der Waals surface area contributed by atoms with E-state index < -0.39 is 6.04 Å². The van der Waals surface area contributed by atoms with Crippen molar-refractivity contribution in [2.75, 3.05) is 28.5 Å². The molecule has 1 saturated carbocycles.